The molecule has 0 aliphatic rings. The van der Waals surface area contributed by atoms with Crippen molar-refractivity contribution < 1.29 is 14.6 Å². The van der Waals surface area contributed by atoms with E-state index in [0.29, 0.717) is 30.4 Å². The molecule has 4 N–H and O–H groups in total. The summed E-state index contributed by atoms with van der Waals surface area (Å²) in [5.74, 6) is 0.841. The van der Waals surface area contributed by atoms with Crippen LogP contribution >= 0.6 is 0 Å². The number of rotatable bonds is 8. The quantitative estimate of drug-likeness (QED) is 0.637. The van der Waals surface area contributed by atoms with Crippen molar-refractivity contribution in [1.29, 1.82) is 0 Å². The molecule has 7 nitrogen and oxygen atoms in total. The molecule has 1 atom stereocenters. The predicted octanol–water partition coefficient (Wildman–Crippen LogP) is 0.655. The highest BCUT2D eigenvalue weighted by molar-refractivity contribution is 5.66. The summed E-state index contributed by atoms with van der Waals surface area (Å²) in [4.78, 5) is 8.09. The Balaban J connectivity index is 2.81. The molecule has 1 aromatic heterocycles. The minimum Gasteiger partial charge on any atom is -0.473 e. The van der Waals surface area contributed by atoms with Crippen molar-refractivity contribution in [2.24, 2.45) is 0 Å². The van der Waals surface area contributed by atoms with Gasteiger partial charge >= 0.3 is 0 Å². The third-order valence-electron chi connectivity index (χ3n) is 2.38. The zero-order valence-electron chi connectivity index (χ0n) is 11.6. The van der Waals surface area contributed by atoms with Crippen molar-refractivity contribution in [3.8, 4) is 5.88 Å². The van der Waals surface area contributed by atoms with Gasteiger partial charge in [0.05, 0.1) is 18.8 Å². The van der Waals surface area contributed by atoms with E-state index in [2.05, 4.69) is 15.3 Å². The lowest BCUT2D eigenvalue weighted by Crippen LogP contribution is -2.27. The summed E-state index contributed by atoms with van der Waals surface area (Å²) in [5, 5.41) is 12.1. The molecule has 0 fully saturated rings. The molecular formula is C12H22N4O3. The molecule has 1 unspecified atom stereocenters. The number of aliphatic hydroxyl groups excluding tert-OH is 1. The fraction of sp³-hybridized carbons (Fsp3) is 0.667. The van der Waals surface area contributed by atoms with Gasteiger partial charge in [-0.25, -0.2) is 4.98 Å². The van der Waals surface area contributed by atoms with Gasteiger partial charge in [-0.1, -0.05) is 0 Å². The predicted molar refractivity (Wildman–Crippen MR) is 73.2 cm³/mol. The standard InChI is InChI=1S/C12H22N4O3/c1-8(2)19-12-10(13)11(14-7-15-12)16-9(4-5-17)6-18-3/h7-9,17H,4-6,13H2,1-3H3,(H,14,15,16). The Morgan fingerprint density at radius 2 is 2.16 bits per heavy atom. The van der Waals surface area contributed by atoms with Gasteiger partial charge in [-0.15, -0.1) is 0 Å². The zero-order valence-corrected chi connectivity index (χ0v) is 11.6. The molecule has 1 rings (SSSR count). The van der Waals surface area contributed by atoms with Gasteiger partial charge in [-0.05, 0) is 20.3 Å². The highest BCUT2D eigenvalue weighted by atomic mass is 16.5. The van der Waals surface area contributed by atoms with Crippen LogP contribution in [0.15, 0.2) is 6.33 Å². The van der Waals surface area contributed by atoms with Crippen molar-refractivity contribution >= 4 is 11.5 Å². The van der Waals surface area contributed by atoms with Crippen molar-refractivity contribution in [2.75, 3.05) is 31.4 Å². The molecule has 0 saturated carbocycles. The van der Waals surface area contributed by atoms with Crippen LogP contribution in [-0.4, -0.2) is 47.5 Å². The van der Waals surface area contributed by atoms with E-state index in [1.54, 1.807) is 7.11 Å². The maximum absolute atomic E-state index is 9.00. The number of methoxy groups -OCH3 is 1. The molecule has 7 heteroatoms. The van der Waals surface area contributed by atoms with Crippen molar-refractivity contribution in [1.82, 2.24) is 9.97 Å². The number of hydrogen-bond acceptors (Lipinski definition) is 7. The lowest BCUT2D eigenvalue weighted by Gasteiger charge is -2.19. The Morgan fingerprint density at radius 1 is 1.42 bits per heavy atom. The fourth-order valence-electron chi connectivity index (χ4n) is 1.56. The van der Waals surface area contributed by atoms with Crippen molar-refractivity contribution in [2.45, 2.75) is 32.4 Å². The van der Waals surface area contributed by atoms with E-state index < -0.39 is 0 Å². The first-order chi connectivity index (χ1) is 9.08. The number of nitrogen functional groups attached to an aromatic ring is 1. The van der Waals surface area contributed by atoms with Crippen LogP contribution in [0.25, 0.3) is 0 Å². The minimum atomic E-state index is -0.0703. The molecule has 1 aromatic rings. The number of aromatic nitrogens is 2. The lowest BCUT2D eigenvalue weighted by atomic mass is 10.2. The number of aliphatic hydroxyl groups is 1. The average molecular weight is 270 g/mol. The topological polar surface area (TPSA) is 103 Å². The molecule has 1 heterocycles. The smallest absolute Gasteiger partial charge is 0.242 e. The summed E-state index contributed by atoms with van der Waals surface area (Å²) in [6.45, 7) is 4.30. The van der Waals surface area contributed by atoms with E-state index >= 15 is 0 Å². The van der Waals surface area contributed by atoms with E-state index in [9.17, 15) is 0 Å². The zero-order chi connectivity index (χ0) is 14.3. The first kappa shape index (κ1) is 15.5. The van der Waals surface area contributed by atoms with Gasteiger partial charge in [0, 0.05) is 13.7 Å². The maximum Gasteiger partial charge on any atom is 0.242 e. The van der Waals surface area contributed by atoms with Gasteiger partial charge in [0.2, 0.25) is 5.88 Å². The summed E-state index contributed by atoms with van der Waals surface area (Å²) < 4.78 is 10.6. The molecule has 19 heavy (non-hydrogen) atoms. The summed E-state index contributed by atoms with van der Waals surface area (Å²) in [6, 6.07) is -0.0703. The summed E-state index contributed by atoms with van der Waals surface area (Å²) >= 11 is 0. The second-order valence-corrected chi connectivity index (χ2v) is 4.42. The van der Waals surface area contributed by atoms with E-state index in [1.165, 1.54) is 6.33 Å². The number of ether oxygens (including phenoxy) is 2. The van der Waals surface area contributed by atoms with E-state index in [4.69, 9.17) is 20.3 Å². The molecule has 0 spiro atoms. The molecule has 0 aliphatic carbocycles. The van der Waals surface area contributed by atoms with E-state index in [-0.39, 0.29) is 18.8 Å². The van der Waals surface area contributed by atoms with Crippen LogP contribution < -0.4 is 15.8 Å². The summed E-state index contributed by atoms with van der Waals surface area (Å²) in [7, 11) is 1.60. The molecule has 0 radical (unpaired) electrons. The highest BCUT2D eigenvalue weighted by Gasteiger charge is 2.14. The third-order valence-corrected chi connectivity index (χ3v) is 2.38. The Bertz CT molecular complexity index is 381. The molecular weight excluding hydrogens is 248 g/mol. The van der Waals surface area contributed by atoms with Crippen LogP contribution in [0.3, 0.4) is 0 Å². The molecule has 0 bridgehead atoms. The number of hydrogen-bond donors (Lipinski definition) is 3. The minimum absolute atomic E-state index is 0.0164. The largest absolute Gasteiger partial charge is 0.473 e. The van der Waals surface area contributed by atoms with Gasteiger partial charge in [0.15, 0.2) is 5.82 Å². The molecule has 108 valence electrons. The van der Waals surface area contributed by atoms with Crippen molar-refractivity contribution in [3.05, 3.63) is 6.33 Å². The Morgan fingerprint density at radius 3 is 2.74 bits per heavy atom. The second kappa shape index (κ2) is 7.75. The van der Waals surface area contributed by atoms with Crippen LogP contribution in [0.1, 0.15) is 20.3 Å². The summed E-state index contributed by atoms with van der Waals surface area (Å²) in [6.07, 6.45) is 1.91. The van der Waals surface area contributed by atoms with Crippen LogP contribution in [0.5, 0.6) is 5.88 Å². The Kier molecular flexibility index (Phi) is 6.31. The van der Waals surface area contributed by atoms with Gasteiger partial charge in [-0.2, -0.15) is 4.98 Å². The molecule has 0 saturated heterocycles. The molecule has 0 amide bonds. The first-order valence-electron chi connectivity index (χ1n) is 6.22. The number of nitrogens with zero attached hydrogens (tertiary/aromatic N) is 2. The van der Waals surface area contributed by atoms with Crippen LogP contribution in [-0.2, 0) is 4.74 Å². The van der Waals surface area contributed by atoms with E-state index in [1.807, 2.05) is 13.8 Å². The lowest BCUT2D eigenvalue weighted by molar-refractivity contribution is 0.170. The molecule has 0 aromatic carbocycles. The van der Waals surface area contributed by atoms with Gasteiger partial charge in [-0.3, -0.25) is 0 Å². The SMILES string of the molecule is COCC(CCO)Nc1ncnc(OC(C)C)c1N. The van der Waals surface area contributed by atoms with Gasteiger partial charge in [0.25, 0.3) is 0 Å². The van der Waals surface area contributed by atoms with Crippen LogP contribution in [0, 0.1) is 0 Å². The number of anilines is 2. The monoisotopic (exact) mass is 270 g/mol. The second-order valence-electron chi connectivity index (χ2n) is 4.42. The van der Waals surface area contributed by atoms with Crippen LogP contribution in [0.4, 0.5) is 11.5 Å². The average Bonchev–Trinajstić information content (AvgIpc) is 2.34. The Hall–Kier alpha value is -1.60. The van der Waals surface area contributed by atoms with Gasteiger partial charge < -0.3 is 25.6 Å². The normalized spacial score (nSPS) is 12.5. The maximum atomic E-state index is 9.00. The number of nitrogens with one attached hydrogen (secondary N) is 1. The van der Waals surface area contributed by atoms with Crippen molar-refractivity contribution in [3.63, 3.8) is 0 Å². The van der Waals surface area contributed by atoms with Gasteiger partial charge in [0.1, 0.15) is 12.0 Å². The number of nitrogens with two attached hydrogens (primary N) is 1. The fourth-order valence-corrected chi connectivity index (χ4v) is 1.56. The summed E-state index contributed by atoms with van der Waals surface area (Å²) in [5.41, 5.74) is 6.31. The van der Waals surface area contributed by atoms with E-state index in [0.717, 1.165) is 0 Å². The molecule has 0 aliphatic heterocycles. The first-order valence-corrected chi connectivity index (χ1v) is 6.22. The third kappa shape index (κ3) is 4.88. The highest BCUT2D eigenvalue weighted by Crippen LogP contribution is 2.26. The Labute approximate surface area is 113 Å². The van der Waals surface area contributed by atoms with Crippen LogP contribution in [0.2, 0.25) is 0 Å².